The van der Waals surface area contributed by atoms with Crippen LogP contribution in [0.3, 0.4) is 0 Å². The van der Waals surface area contributed by atoms with Gasteiger partial charge in [0, 0.05) is 6.54 Å². The Balaban J connectivity index is 1.71. The van der Waals surface area contributed by atoms with Crippen LogP contribution in [0.1, 0.15) is 17.0 Å². The van der Waals surface area contributed by atoms with E-state index < -0.39 is 12.0 Å². The minimum absolute atomic E-state index is 0.0459. The number of aromatic nitrogens is 3. The largest absolute Gasteiger partial charge is 0.481 e. The molecule has 3 aromatic rings. The highest BCUT2D eigenvalue weighted by Gasteiger charge is 2.32. The molecule has 1 atom stereocenters. The molecule has 2 aromatic heterocycles. The first-order valence-corrected chi connectivity index (χ1v) is 9.68. The van der Waals surface area contributed by atoms with Crippen molar-refractivity contribution in [1.82, 2.24) is 19.7 Å². The van der Waals surface area contributed by atoms with Gasteiger partial charge in [-0.3, -0.25) is 9.59 Å². The lowest BCUT2D eigenvalue weighted by molar-refractivity contribution is -0.139. The minimum atomic E-state index is -0.977. The summed E-state index contributed by atoms with van der Waals surface area (Å²) in [4.78, 5) is 31.1. The number of para-hydroxylation sites is 1. The van der Waals surface area contributed by atoms with Gasteiger partial charge in [0.05, 0.1) is 36.2 Å². The molecule has 0 radical (unpaired) electrons. The average molecular weight is 398 g/mol. The van der Waals surface area contributed by atoms with E-state index >= 15 is 0 Å². The van der Waals surface area contributed by atoms with Crippen molar-refractivity contribution < 1.29 is 19.4 Å². The Labute approximate surface area is 165 Å². The molecule has 1 unspecified atom stereocenters. The number of thiophene rings is 1. The van der Waals surface area contributed by atoms with E-state index in [0.717, 1.165) is 10.6 Å². The zero-order chi connectivity index (χ0) is 19.5. The highest BCUT2D eigenvalue weighted by Crippen LogP contribution is 2.26. The molecule has 9 heteroatoms. The lowest BCUT2D eigenvalue weighted by Gasteiger charge is -2.33. The van der Waals surface area contributed by atoms with Crippen molar-refractivity contribution in [3.05, 3.63) is 53.7 Å². The van der Waals surface area contributed by atoms with E-state index in [1.807, 2.05) is 47.8 Å². The Hall–Kier alpha value is -3.04. The maximum Gasteiger partial charge on any atom is 0.305 e. The lowest BCUT2D eigenvalue weighted by Crippen LogP contribution is -2.49. The number of rotatable bonds is 5. The van der Waals surface area contributed by atoms with Crippen LogP contribution in [-0.4, -0.2) is 62.4 Å². The van der Waals surface area contributed by atoms with Gasteiger partial charge in [-0.15, -0.1) is 16.4 Å². The molecule has 3 heterocycles. The van der Waals surface area contributed by atoms with E-state index in [1.54, 1.807) is 4.68 Å². The molecule has 1 amide bonds. The summed E-state index contributed by atoms with van der Waals surface area (Å²) in [6.07, 6.45) is -0.178. The SMILES string of the molecule is O=C(O)CC1COCCN1C(=O)c1nc(-c2cccs2)n(-c2ccccc2)n1. The molecular weight excluding hydrogens is 380 g/mol. The summed E-state index contributed by atoms with van der Waals surface area (Å²) in [5.41, 5.74) is 0.793. The van der Waals surface area contributed by atoms with Crippen LogP contribution in [0.4, 0.5) is 0 Å². The fourth-order valence-electron chi connectivity index (χ4n) is 3.14. The summed E-state index contributed by atoms with van der Waals surface area (Å²) in [5, 5.41) is 15.5. The number of nitrogens with zero attached hydrogens (tertiary/aromatic N) is 4. The predicted molar refractivity (Wildman–Crippen MR) is 103 cm³/mol. The molecule has 28 heavy (non-hydrogen) atoms. The molecule has 1 saturated heterocycles. The second-order valence-corrected chi connectivity index (χ2v) is 7.26. The number of carbonyl (C=O) groups is 2. The number of morpholine rings is 1. The first-order chi connectivity index (χ1) is 13.6. The Morgan fingerprint density at radius 1 is 1.21 bits per heavy atom. The van der Waals surface area contributed by atoms with Gasteiger partial charge in [0.25, 0.3) is 5.91 Å². The van der Waals surface area contributed by atoms with E-state index in [1.165, 1.54) is 16.2 Å². The maximum absolute atomic E-state index is 13.1. The fourth-order valence-corrected chi connectivity index (χ4v) is 3.84. The van der Waals surface area contributed by atoms with Crippen LogP contribution in [0.5, 0.6) is 0 Å². The number of carbonyl (C=O) groups excluding carboxylic acids is 1. The number of hydrogen-bond acceptors (Lipinski definition) is 6. The van der Waals surface area contributed by atoms with Crippen molar-refractivity contribution in [2.75, 3.05) is 19.8 Å². The monoisotopic (exact) mass is 398 g/mol. The highest BCUT2D eigenvalue weighted by molar-refractivity contribution is 7.13. The second kappa shape index (κ2) is 7.91. The molecule has 0 bridgehead atoms. The fraction of sp³-hybridized carbons (Fsp3) is 0.263. The third-order valence-electron chi connectivity index (χ3n) is 4.44. The third-order valence-corrected chi connectivity index (χ3v) is 5.31. The Kier molecular flexibility index (Phi) is 5.18. The smallest absolute Gasteiger partial charge is 0.305 e. The Morgan fingerprint density at radius 2 is 2.04 bits per heavy atom. The molecule has 1 N–H and O–H groups in total. The molecule has 1 aliphatic rings. The average Bonchev–Trinajstić information content (AvgIpc) is 3.38. The van der Waals surface area contributed by atoms with Crippen molar-refractivity contribution in [2.24, 2.45) is 0 Å². The first kappa shape index (κ1) is 18.3. The van der Waals surface area contributed by atoms with Crippen LogP contribution in [0.25, 0.3) is 16.4 Å². The van der Waals surface area contributed by atoms with Gasteiger partial charge in [-0.2, -0.15) is 0 Å². The maximum atomic E-state index is 13.1. The second-order valence-electron chi connectivity index (χ2n) is 6.31. The highest BCUT2D eigenvalue weighted by atomic mass is 32.1. The number of aliphatic carboxylic acids is 1. The van der Waals surface area contributed by atoms with Gasteiger partial charge >= 0.3 is 5.97 Å². The topological polar surface area (TPSA) is 97.5 Å². The zero-order valence-corrected chi connectivity index (χ0v) is 15.7. The van der Waals surface area contributed by atoms with Gasteiger partial charge in [-0.05, 0) is 23.6 Å². The van der Waals surface area contributed by atoms with Crippen molar-refractivity contribution in [3.63, 3.8) is 0 Å². The number of carboxylic acids is 1. The molecule has 0 aliphatic carbocycles. The number of amides is 1. The molecule has 4 rings (SSSR count). The molecule has 1 fully saturated rings. The van der Waals surface area contributed by atoms with E-state index in [-0.39, 0.29) is 24.8 Å². The lowest BCUT2D eigenvalue weighted by atomic mass is 10.1. The van der Waals surface area contributed by atoms with Gasteiger partial charge in [-0.25, -0.2) is 9.67 Å². The molecular formula is C19H18N4O4S. The van der Waals surface area contributed by atoms with Gasteiger partial charge in [0.15, 0.2) is 5.82 Å². The summed E-state index contributed by atoms with van der Waals surface area (Å²) in [7, 11) is 0. The van der Waals surface area contributed by atoms with Crippen LogP contribution < -0.4 is 0 Å². The molecule has 0 saturated carbocycles. The number of benzene rings is 1. The summed E-state index contributed by atoms with van der Waals surface area (Å²) < 4.78 is 7.00. The van der Waals surface area contributed by atoms with Crippen LogP contribution in [0.2, 0.25) is 0 Å². The summed E-state index contributed by atoms with van der Waals surface area (Å²) in [6, 6.07) is 12.8. The van der Waals surface area contributed by atoms with Crippen molar-refractivity contribution in [1.29, 1.82) is 0 Å². The van der Waals surface area contributed by atoms with Gasteiger partial charge in [0.1, 0.15) is 0 Å². The van der Waals surface area contributed by atoms with Crippen LogP contribution in [0, 0.1) is 0 Å². The predicted octanol–water partition coefficient (Wildman–Crippen LogP) is 2.31. The number of carboxylic acid groups (broad SMARTS) is 1. The molecule has 8 nitrogen and oxygen atoms in total. The van der Waals surface area contributed by atoms with E-state index in [9.17, 15) is 9.59 Å². The van der Waals surface area contributed by atoms with Gasteiger partial charge in [0.2, 0.25) is 5.82 Å². The molecule has 0 spiro atoms. The van der Waals surface area contributed by atoms with E-state index in [0.29, 0.717) is 19.0 Å². The van der Waals surface area contributed by atoms with Gasteiger partial charge in [-0.1, -0.05) is 24.3 Å². The molecule has 1 aromatic carbocycles. The standard InChI is InChI=1S/C19H18N4O4S/c24-16(25)11-14-12-27-9-8-22(14)19(26)17-20-18(15-7-4-10-28-15)23(21-17)13-5-2-1-3-6-13/h1-7,10,14H,8-9,11-12H2,(H,24,25). The third kappa shape index (κ3) is 3.67. The molecule has 144 valence electrons. The summed E-state index contributed by atoms with van der Waals surface area (Å²) in [5.74, 6) is -0.741. The Bertz CT molecular complexity index is 971. The Morgan fingerprint density at radius 3 is 2.75 bits per heavy atom. The molecule has 1 aliphatic heterocycles. The minimum Gasteiger partial charge on any atom is -0.481 e. The van der Waals surface area contributed by atoms with E-state index in [2.05, 4.69) is 10.1 Å². The first-order valence-electron chi connectivity index (χ1n) is 8.80. The van der Waals surface area contributed by atoms with Crippen molar-refractivity contribution in [3.8, 4) is 16.4 Å². The number of hydrogen-bond donors (Lipinski definition) is 1. The van der Waals surface area contributed by atoms with Crippen molar-refractivity contribution in [2.45, 2.75) is 12.5 Å². The van der Waals surface area contributed by atoms with Crippen LogP contribution in [0.15, 0.2) is 47.8 Å². The normalized spacial score (nSPS) is 16.9. The number of ether oxygens (including phenoxy) is 1. The summed E-state index contributed by atoms with van der Waals surface area (Å²) in [6.45, 7) is 0.860. The van der Waals surface area contributed by atoms with Crippen molar-refractivity contribution >= 4 is 23.2 Å². The van der Waals surface area contributed by atoms with Crippen LogP contribution in [-0.2, 0) is 9.53 Å². The summed E-state index contributed by atoms with van der Waals surface area (Å²) >= 11 is 1.51. The van der Waals surface area contributed by atoms with Crippen LogP contribution >= 0.6 is 11.3 Å². The quantitative estimate of drug-likeness (QED) is 0.708. The van der Waals surface area contributed by atoms with Gasteiger partial charge < -0.3 is 14.7 Å². The zero-order valence-electron chi connectivity index (χ0n) is 14.9. The van der Waals surface area contributed by atoms with E-state index in [4.69, 9.17) is 9.84 Å².